The van der Waals surface area contributed by atoms with E-state index < -0.39 is 11.6 Å². The largest absolute Gasteiger partial charge is 0.379 e. The molecule has 0 aromatic heterocycles. The number of benzene rings is 1. The monoisotopic (exact) mass is 227 g/mol. The second kappa shape index (κ2) is 4.47. The first-order valence-electron chi connectivity index (χ1n) is 5.36. The first-order valence-corrected chi connectivity index (χ1v) is 5.36. The minimum Gasteiger partial charge on any atom is -0.379 e. The van der Waals surface area contributed by atoms with E-state index in [-0.39, 0.29) is 5.54 Å². The highest BCUT2D eigenvalue weighted by Gasteiger charge is 2.28. The number of halogens is 2. The Hall–Kier alpha value is -1.00. The molecule has 0 aliphatic carbocycles. The van der Waals surface area contributed by atoms with E-state index >= 15 is 0 Å². The molecule has 2 nitrogen and oxygen atoms in total. The third-order valence-electron chi connectivity index (χ3n) is 2.94. The van der Waals surface area contributed by atoms with E-state index in [2.05, 4.69) is 5.32 Å². The smallest absolute Gasteiger partial charge is 0.130 e. The van der Waals surface area contributed by atoms with Crippen LogP contribution in [0.2, 0.25) is 0 Å². The van der Waals surface area contributed by atoms with Crippen LogP contribution in [0.15, 0.2) is 18.2 Å². The average molecular weight is 227 g/mol. The van der Waals surface area contributed by atoms with Gasteiger partial charge < -0.3 is 10.1 Å². The van der Waals surface area contributed by atoms with Crippen LogP contribution in [0.3, 0.4) is 0 Å². The van der Waals surface area contributed by atoms with Gasteiger partial charge in [0, 0.05) is 30.3 Å². The lowest BCUT2D eigenvalue weighted by molar-refractivity contribution is 0.171. The number of nitrogens with one attached hydrogen (secondary N) is 1. The van der Waals surface area contributed by atoms with E-state index in [1.54, 1.807) is 0 Å². The number of hydrogen-bond acceptors (Lipinski definition) is 2. The predicted octanol–water partition coefficient (Wildman–Crippen LogP) is 2.23. The molecule has 1 N–H and O–H groups in total. The first-order chi connectivity index (χ1) is 7.59. The molecule has 4 heteroatoms. The van der Waals surface area contributed by atoms with Gasteiger partial charge in [0.2, 0.25) is 0 Å². The standard InChI is InChI=1S/C12H15F2NO/c1-12(4-5-16-8-12)15-7-9-2-3-10(13)6-11(9)14/h2-3,6,15H,4-5,7-8H2,1H3. The topological polar surface area (TPSA) is 21.3 Å². The van der Waals surface area contributed by atoms with Crippen LogP contribution >= 0.6 is 0 Å². The van der Waals surface area contributed by atoms with Gasteiger partial charge in [0.15, 0.2) is 0 Å². The minimum atomic E-state index is -0.545. The first kappa shape index (κ1) is 11.5. The van der Waals surface area contributed by atoms with E-state index in [4.69, 9.17) is 4.74 Å². The molecular formula is C12H15F2NO. The fourth-order valence-electron chi connectivity index (χ4n) is 1.78. The van der Waals surface area contributed by atoms with Gasteiger partial charge in [0.05, 0.1) is 6.61 Å². The van der Waals surface area contributed by atoms with Gasteiger partial charge in [-0.2, -0.15) is 0 Å². The van der Waals surface area contributed by atoms with Gasteiger partial charge in [-0.15, -0.1) is 0 Å². The van der Waals surface area contributed by atoms with Crippen molar-refractivity contribution >= 4 is 0 Å². The van der Waals surface area contributed by atoms with Crippen LogP contribution in [0.1, 0.15) is 18.9 Å². The van der Waals surface area contributed by atoms with Gasteiger partial charge in [-0.1, -0.05) is 6.07 Å². The SMILES string of the molecule is CC1(NCc2ccc(F)cc2F)CCOC1. The maximum Gasteiger partial charge on any atom is 0.130 e. The molecule has 1 saturated heterocycles. The Morgan fingerprint density at radius 3 is 2.88 bits per heavy atom. The zero-order valence-electron chi connectivity index (χ0n) is 9.22. The Morgan fingerprint density at radius 1 is 1.44 bits per heavy atom. The molecule has 16 heavy (non-hydrogen) atoms. The van der Waals surface area contributed by atoms with Crippen molar-refractivity contribution < 1.29 is 13.5 Å². The molecule has 2 rings (SSSR count). The zero-order chi connectivity index (χ0) is 11.6. The highest BCUT2D eigenvalue weighted by atomic mass is 19.1. The molecule has 1 atom stereocenters. The lowest BCUT2D eigenvalue weighted by atomic mass is 10.0. The van der Waals surface area contributed by atoms with Gasteiger partial charge in [0.1, 0.15) is 11.6 Å². The second-order valence-electron chi connectivity index (χ2n) is 4.45. The minimum absolute atomic E-state index is 0.0964. The second-order valence-corrected chi connectivity index (χ2v) is 4.45. The van der Waals surface area contributed by atoms with Crippen LogP contribution in [-0.2, 0) is 11.3 Å². The van der Waals surface area contributed by atoms with Gasteiger partial charge in [-0.05, 0) is 19.4 Å². The highest BCUT2D eigenvalue weighted by Crippen LogP contribution is 2.19. The van der Waals surface area contributed by atoms with Gasteiger partial charge in [0.25, 0.3) is 0 Å². The molecule has 1 heterocycles. The van der Waals surface area contributed by atoms with Crippen LogP contribution in [0.25, 0.3) is 0 Å². The molecule has 1 aliphatic heterocycles. The number of hydrogen-bond donors (Lipinski definition) is 1. The summed E-state index contributed by atoms with van der Waals surface area (Å²) in [5, 5.41) is 3.25. The maximum absolute atomic E-state index is 13.3. The molecular weight excluding hydrogens is 212 g/mol. The lowest BCUT2D eigenvalue weighted by Gasteiger charge is -2.23. The van der Waals surface area contributed by atoms with Crippen molar-refractivity contribution in [3.63, 3.8) is 0 Å². The van der Waals surface area contributed by atoms with Crippen molar-refractivity contribution in [1.29, 1.82) is 0 Å². The molecule has 1 unspecified atom stereocenters. The summed E-state index contributed by atoms with van der Waals surface area (Å²) in [5.74, 6) is -1.05. The van der Waals surface area contributed by atoms with Crippen LogP contribution in [-0.4, -0.2) is 18.8 Å². The van der Waals surface area contributed by atoms with Crippen molar-refractivity contribution in [2.45, 2.75) is 25.4 Å². The third kappa shape index (κ3) is 2.57. The summed E-state index contributed by atoms with van der Waals surface area (Å²) in [6.45, 7) is 3.80. The lowest BCUT2D eigenvalue weighted by Crippen LogP contribution is -2.42. The van der Waals surface area contributed by atoms with Crippen LogP contribution in [0, 0.1) is 11.6 Å². The third-order valence-corrected chi connectivity index (χ3v) is 2.94. The Kier molecular flexibility index (Phi) is 3.21. The van der Waals surface area contributed by atoms with E-state index in [1.165, 1.54) is 12.1 Å². The zero-order valence-corrected chi connectivity index (χ0v) is 9.22. The number of ether oxygens (including phenoxy) is 1. The van der Waals surface area contributed by atoms with Crippen molar-refractivity contribution in [2.24, 2.45) is 0 Å². The molecule has 0 bridgehead atoms. The summed E-state index contributed by atoms with van der Waals surface area (Å²) in [4.78, 5) is 0. The fourth-order valence-corrected chi connectivity index (χ4v) is 1.78. The maximum atomic E-state index is 13.3. The highest BCUT2D eigenvalue weighted by molar-refractivity contribution is 5.18. The van der Waals surface area contributed by atoms with Gasteiger partial charge in [-0.3, -0.25) is 0 Å². The molecule has 1 aliphatic rings. The Labute approximate surface area is 93.6 Å². The summed E-state index contributed by atoms with van der Waals surface area (Å²) in [6.07, 6.45) is 0.913. The Balaban J connectivity index is 1.99. The molecule has 0 saturated carbocycles. The van der Waals surface area contributed by atoms with Crippen molar-refractivity contribution in [3.8, 4) is 0 Å². The predicted molar refractivity (Wildman–Crippen MR) is 57.0 cm³/mol. The number of rotatable bonds is 3. The van der Waals surface area contributed by atoms with Crippen molar-refractivity contribution in [1.82, 2.24) is 5.32 Å². The Morgan fingerprint density at radius 2 is 2.25 bits per heavy atom. The molecule has 0 amide bonds. The van der Waals surface area contributed by atoms with E-state index in [9.17, 15) is 8.78 Å². The quantitative estimate of drug-likeness (QED) is 0.855. The van der Waals surface area contributed by atoms with E-state index in [1.807, 2.05) is 6.92 Å². The van der Waals surface area contributed by atoms with Crippen molar-refractivity contribution in [2.75, 3.05) is 13.2 Å². The van der Waals surface area contributed by atoms with Gasteiger partial charge in [-0.25, -0.2) is 8.78 Å². The van der Waals surface area contributed by atoms with Crippen LogP contribution < -0.4 is 5.32 Å². The fraction of sp³-hybridized carbons (Fsp3) is 0.500. The molecule has 1 aromatic rings. The normalized spacial score (nSPS) is 24.9. The molecule has 0 radical (unpaired) electrons. The average Bonchev–Trinajstić information content (AvgIpc) is 2.64. The summed E-state index contributed by atoms with van der Waals surface area (Å²) in [7, 11) is 0. The molecule has 0 spiro atoms. The summed E-state index contributed by atoms with van der Waals surface area (Å²) >= 11 is 0. The van der Waals surface area contributed by atoms with E-state index in [0.29, 0.717) is 18.7 Å². The molecule has 88 valence electrons. The molecule has 1 aromatic carbocycles. The van der Waals surface area contributed by atoms with Gasteiger partial charge >= 0.3 is 0 Å². The summed E-state index contributed by atoms with van der Waals surface area (Å²) in [6, 6.07) is 3.65. The molecule has 1 fully saturated rings. The summed E-state index contributed by atoms with van der Waals surface area (Å²) < 4.78 is 31.3. The van der Waals surface area contributed by atoms with Crippen molar-refractivity contribution in [3.05, 3.63) is 35.4 Å². The van der Waals surface area contributed by atoms with Crippen LogP contribution in [0.4, 0.5) is 8.78 Å². The summed E-state index contributed by atoms with van der Waals surface area (Å²) in [5.41, 5.74) is 0.385. The Bertz CT molecular complexity index is 375. The van der Waals surface area contributed by atoms with Crippen LogP contribution in [0.5, 0.6) is 0 Å². The van der Waals surface area contributed by atoms with E-state index in [0.717, 1.165) is 19.1 Å².